The number of hydrogen-bond acceptors (Lipinski definition) is 4. The van der Waals surface area contributed by atoms with Crippen molar-refractivity contribution >= 4 is 17.8 Å². The second-order valence-electron chi connectivity index (χ2n) is 6.18. The summed E-state index contributed by atoms with van der Waals surface area (Å²) in [6.07, 6.45) is 3.62. The molecule has 1 aliphatic rings. The highest BCUT2D eigenvalue weighted by Crippen LogP contribution is 2.35. The lowest BCUT2D eigenvalue weighted by atomic mass is 9.91. The number of anilines is 1. The fourth-order valence-corrected chi connectivity index (χ4v) is 2.89. The van der Waals surface area contributed by atoms with E-state index in [1.807, 2.05) is 32.1 Å². The van der Waals surface area contributed by atoms with Gasteiger partial charge in [-0.3, -0.25) is 4.79 Å². The van der Waals surface area contributed by atoms with Gasteiger partial charge in [0.05, 0.1) is 18.5 Å². The first-order valence-corrected chi connectivity index (χ1v) is 7.98. The Bertz CT molecular complexity index is 837. The number of hydrogen-bond donors (Lipinski definition) is 1. The molecule has 0 aliphatic heterocycles. The minimum atomic E-state index is -0.145. The molecule has 124 valence electrons. The molecule has 0 saturated heterocycles. The normalized spacial score (nSPS) is 12.0. The Labute approximate surface area is 141 Å². The highest BCUT2D eigenvalue weighted by atomic mass is 16.5. The lowest BCUT2D eigenvalue weighted by molar-refractivity contribution is -0.114. The molecule has 0 bridgehead atoms. The van der Waals surface area contributed by atoms with Gasteiger partial charge in [-0.1, -0.05) is 5.57 Å². The fraction of sp³-hybridized carbons (Fsp3) is 0.316. The van der Waals surface area contributed by atoms with Crippen LogP contribution in [0.5, 0.6) is 5.75 Å². The van der Waals surface area contributed by atoms with Crippen LogP contribution in [0.2, 0.25) is 0 Å². The molecule has 1 N–H and O–H groups in total. The molecule has 1 heterocycles. The molecule has 0 fully saturated rings. The minimum absolute atomic E-state index is 0.145. The average Bonchev–Trinajstić information content (AvgIpc) is 2.53. The van der Waals surface area contributed by atoms with Crippen LogP contribution in [0.3, 0.4) is 0 Å². The summed E-state index contributed by atoms with van der Waals surface area (Å²) in [4.78, 5) is 21.0. The highest BCUT2D eigenvalue weighted by molar-refractivity contribution is 5.90. The SMILES string of the molecule is COc1ccc2c(c1)CCc1nc(NC(C)=O)c(C=C(C)C)nc1-2. The number of benzene rings is 1. The molecule has 2 aromatic rings. The number of nitrogens with one attached hydrogen (secondary N) is 1. The number of carbonyl (C=O) groups is 1. The monoisotopic (exact) mass is 323 g/mol. The number of allylic oxidation sites excluding steroid dienone is 1. The summed E-state index contributed by atoms with van der Waals surface area (Å²) < 4.78 is 5.31. The molecule has 0 spiro atoms. The van der Waals surface area contributed by atoms with E-state index in [-0.39, 0.29) is 5.91 Å². The van der Waals surface area contributed by atoms with Gasteiger partial charge in [0.1, 0.15) is 11.4 Å². The van der Waals surface area contributed by atoms with Crippen LogP contribution in [0.4, 0.5) is 5.82 Å². The van der Waals surface area contributed by atoms with E-state index in [4.69, 9.17) is 9.72 Å². The maximum absolute atomic E-state index is 11.5. The number of ether oxygens (including phenoxy) is 1. The van der Waals surface area contributed by atoms with E-state index in [1.165, 1.54) is 12.5 Å². The second-order valence-corrected chi connectivity index (χ2v) is 6.18. The molecule has 5 heteroatoms. The molecular formula is C19H21N3O2. The Morgan fingerprint density at radius 1 is 1.21 bits per heavy atom. The van der Waals surface area contributed by atoms with Crippen LogP contribution < -0.4 is 10.1 Å². The maximum Gasteiger partial charge on any atom is 0.222 e. The zero-order valence-corrected chi connectivity index (χ0v) is 14.4. The number of fused-ring (bicyclic) bond motifs is 3. The third-order valence-corrected chi connectivity index (χ3v) is 3.91. The van der Waals surface area contributed by atoms with E-state index >= 15 is 0 Å². The Hall–Kier alpha value is -2.69. The first-order valence-electron chi connectivity index (χ1n) is 7.98. The molecule has 1 amide bonds. The number of amides is 1. The molecular weight excluding hydrogens is 302 g/mol. The van der Waals surface area contributed by atoms with Gasteiger partial charge in [0.2, 0.25) is 5.91 Å². The van der Waals surface area contributed by atoms with Gasteiger partial charge >= 0.3 is 0 Å². The summed E-state index contributed by atoms with van der Waals surface area (Å²) in [7, 11) is 1.67. The van der Waals surface area contributed by atoms with E-state index in [0.717, 1.165) is 41.1 Å². The fourth-order valence-electron chi connectivity index (χ4n) is 2.89. The van der Waals surface area contributed by atoms with Gasteiger partial charge in [0, 0.05) is 12.5 Å². The number of nitrogens with zero attached hydrogens (tertiary/aromatic N) is 2. The number of rotatable bonds is 3. The van der Waals surface area contributed by atoms with Crippen LogP contribution in [-0.2, 0) is 17.6 Å². The predicted molar refractivity (Wildman–Crippen MR) is 95.1 cm³/mol. The largest absolute Gasteiger partial charge is 0.497 e. The van der Waals surface area contributed by atoms with Crippen LogP contribution in [0.15, 0.2) is 23.8 Å². The first kappa shape index (κ1) is 16.2. The third-order valence-electron chi connectivity index (χ3n) is 3.91. The maximum atomic E-state index is 11.5. The van der Waals surface area contributed by atoms with Crippen molar-refractivity contribution in [3.63, 3.8) is 0 Å². The molecule has 0 radical (unpaired) electrons. The smallest absolute Gasteiger partial charge is 0.222 e. The van der Waals surface area contributed by atoms with Crippen LogP contribution in [-0.4, -0.2) is 23.0 Å². The second kappa shape index (κ2) is 6.43. The van der Waals surface area contributed by atoms with E-state index in [9.17, 15) is 4.79 Å². The van der Waals surface area contributed by atoms with Crippen molar-refractivity contribution in [3.05, 3.63) is 40.7 Å². The minimum Gasteiger partial charge on any atom is -0.497 e. The summed E-state index contributed by atoms with van der Waals surface area (Å²) in [5, 5.41) is 2.79. The highest BCUT2D eigenvalue weighted by Gasteiger charge is 2.22. The Morgan fingerprint density at radius 3 is 2.67 bits per heavy atom. The summed E-state index contributed by atoms with van der Waals surface area (Å²) in [6.45, 7) is 5.48. The van der Waals surface area contributed by atoms with Crippen molar-refractivity contribution in [1.82, 2.24) is 9.97 Å². The van der Waals surface area contributed by atoms with Gasteiger partial charge in [-0.25, -0.2) is 9.97 Å². The summed E-state index contributed by atoms with van der Waals surface area (Å²) in [5.41, 5.74) is 5.89. The van der Waals surface area contributed by atoms with Gasteiger partial charge in [-0.2, -0.15) is 0 Å². The molecule has 1 aliphatic carbocycles. The van der Waals surface area contributed by atoms with Gasteiger partial charge in [-0.05, 0) is 56.5 Å². The molecule has 24 heavy (non-hydrogen) atoms. The zero-order chi connectivity index (χ0) is 17.3. The van der Waals surface area contributed by atoms with E-state index in [0.29, 0.717) is 11.5 Å². The molecule has 5 nitrogen and oxygen atoms in total. The van der Waals surface area contributed by atoms with Crippen molar-refractivity contribution in [3.8, 4) is 17.0 Å². The predicted octanol–water partition coefficient (Wildman–Crippen LogP) is 3.63. The van der Waals surface area contributed by atoms with Crippen LogP contribution in [0.1, 0.15) is 37.7 Å². The molecule has 0 unspecified atom stereocenters. The van der Waals surface area contributed by atoms with Gasteiger partial charge < -0.3 is 10.1 Å². The van der Waals surface area contributed by atoms with E-state index in [1.54, 1.807) is 7.11 Å². The van der Waals surface area contributed by atoms with Crippen LogP contribution in [0.25, 0.3) is 17.3 Å². The quantitative estimate of drug-likeness (QED) is 0.937. The topological polar surface area (TPSA) is 64.1 Å². The number of carbonyl (C=O) groups excluding carboxylic acids is 1. The van der Waals surface area contributed by atoms with E-state index in [2.05, 4.69) is 16.4 Å². The lowest BCUT2D eigenvalue weighted by Crippen LogP contribution is -2.15. The Morgan fingerprint density at radius 2 is 2.00 bits per heavy atom. The van der Waals surface area contributed by atoms with Crippen molar-refractivity contribution in [2.45, 2.75) is 33.6 Å². The van der Waals surface area contributed by atoms with Crippen LogP contribution in [0, 0.1) is 0 Å². The van der Waals surface area contributed by atoms with Gasteiger partial charge in [-0.15, -0.1) is 0 Å². The van der Waals surface area contributed by atoms with Crippen molar-refractivity contribution in [2.75, 3.05) is 12.4 Å². The Kier molecular flexibility index (Phi) is 4.34. The summed E-state index contributed by atoms with van der Waals surface area (Å²) in [5.74, 6) is 1.23. The number of aromatic nitrogens is 2. The summed E-state index contributed by atoms with van der Waals surface area (Å²) in [6, 6.07) is 6.03. The molecule has 0 saturated carbocycles. The summed E-state index contributed by atoms with van der Waals surface area (Å²) >= 11 is 0. The van der Waals surface area contributed by atoms with Crippen molar-refractivity contribution in [1.29, 1.82) is 0 Å². The zero-order valence-electron chi connectivity index (χ0n) is 14.4. The van der Waals surface area contributed by atoms with Gasteiger partial charge in [0.15, 0.2) is 5.82 Å². The average molecular weight is 323 g/mol. The van der Waals surface area contributed by atoms with Crippen molar-refractivity contribution < 1.29 is 9.53 Å². The van der Waals surface area contributed by atoms with Crippen molar-refractivity contribution in [2.24, 2.45) is 0 Å². The molecule has 1 aromatic carbocycles. The number of aryl methyl sites for hydroxylation is 2. The first-order chi connectivity index (χ1) is 11.5. The third kappa shape index (κ3) is 3.15. The Balaban J connectivity index is 2.16. The van der Waals surface area contributed by atoms with Gasteiger partial charge in [0.25, 0.3) is 0 Å². The lowest BCUT2D eigenvalue weighted by Gasteiger charge is -2.20. The number of methoxy groups -OCH3 is 1. The standard InChI is InChI=1S/C19H21N3O2/c1-11(2)9-17-19(20-12(3)23)22-16-8-5-13-10-14(24-4)6-7-15(13)18(16)21-17/h6-7,9-10H,5,8H2,1-4H3,(H,20,22,23). The van der Waals surface area contributed by atoms with E-state index < -0.39 is 0 Å². The van der Waals surface area contributed by atoms with Crippen LogP contribution >= 0.6 is 0 Å². The molecule has 0 atom stereocenters. The molecule has 3 rings (SSSR count). The molecule has 1 aromatic heterocycles.